The molecule has 7 nitrogen and oxygen atoms in total. The predicted molar refractivity (Wildman–Crippen MR) is 113 cm³/mol. The Kier molecular flexibility index (Phi) is 4.88. The topological polar surface area (TPSA) is 81.9 Å². The summed E-state index contributed by atoms with van der Waals surface area (Å²) in [4.78, 5) is 27.2. The summed E-state index contributed by atoms with van der Waals surface area (Å²) in [5.41, 5.74) is -0.649. The van der Waals surface area contributed by atoms with Gasteiger partial charge in [-0.25, -0.2) is 0 Å². The molecule has 1 aromatic carbocycles. The Morgan fingerprint density at radius 1 is 1.27 bits per heavy atom. The second kappa shape index (κ2) is 6.94. The molecule has 0 amide bonds. The highest BCUT2D eigenvalue weighted by atomic mass is 16.6. The van der Waals surface area contributed by atoms with E-state index in [0.29, 0.717) is 36.7 Å². The summed E-state index contributed by atoms with van der Waals surface area (Å²) in [5.74, 6) is 0.719. The first kappa shape index (κ1) is 21.1. The average molecular weight is 417 g/mol. The Bertz CT molecular complexity index is 884. The van der Waals surface area contributed by atoms with Crippen LogP contribution in [0.1, 0.15) is 52.0 Å². The van der Waals surface area contributed by atoms with Gasteiger partial charge in [0.1, 0.15) is 17.3 Å². The Morgan fingerprint density at radius 2 is 2.00 bits per heavy atom. The molecule has 0 aromatic heterocycles. The van der Waals surface area contributed by atoms with Crippen LogP contribution in [0, 0.1) is 26.9 Å². The maximum atomic E-state index is 13.8. The third kappa shape index (κ3) is 2.85. The molecular weight excluding hydrogens is 384 g/mol. The molecule has 1 unspecified atom stereocenters. The molecule has 1 heterocycles. The van der Waals surface area contributed by atoms with Crippen molar-refractivity contribution in [3.05, 3.63) is 33.9 Å². The maximum Gasteiger partial charge on any atom is 0.318 e. The molecule has 3 aliphatic rings. The van der Waals surface area contributed by atoms with Gasteiger partial charge in [-0.05, 0) is 62.7 Å². The van der Waals surface area contributed by atoms with Gasteiger partial charge in [0.25, 0.3) is 5.69 Å². The molecule has 2 aliphatic carbocycles. The summed E-state index contributed by atoms with van der Waals surface area (Å²) in [6, 6.07) is 4.65. The largest absolute Gasteiger partial charge is 0.497 e. The van der Waals surface area contributed by atoms with Crippen LogP contribution in [0.5, 0.6) is 5.75 Å². The van der Waals surface area contributed by atoms with E-state index in [0.717, 1.165) is 12.8 Å². The Balaban J connectivity index is 1.73. The van der Waals surface area contributed by atoms with E-state index in [9.17, 15) is 14.9 Å². The number of carbonyl (C=O) groups is 1. The number of nitro benzene ring substituents is 1. The predicted octanol–water partition coefficient (Wildman–Crippen LogP) is 3.93. The van der Waals surface area contributed by atoms with Crippen molar-refractivity contribution in [1.29, 1.82) is 0 Å². The molecule has 0 radical (unpaired) electrons. The Labute approximate surface area is 177 Å². The number of fused-ring (bicyclic) bond motifs is 2. The molecule has 2 saturated carbocycles. The van der Waals surface area contributed by atoms with Gasteiger partial charge < -0.3 is 14.4 Å². The summed E-state index contributed by atoms with van der Waals surface area (Å²) in [6.07, 6.45) is 3.45. The zero-order chi connectivity index (χ0) is 21.9. The minimum absolute atomic E-state index is 0.0532. The monoisotopic (exact) mass is 416 g/mol. The van der Waals surface area contributed by atoms with Crippen LogP contribution in [0.4, 0.5) is 5.69 Å². The van der Waals surface area contributed by atoms with E-state index < -0.39 is 10.3 Å². The minimum Gasteiger partial charge on any atom is -0.497 e. The average Bonchev–Trinajstić information content (AvgIpc) is 3.26. The quantitative estimate of drug-likeness (QED) is 0.411. The van der Waals surface area contributed by atoms with E-state index in [-0.39, 0.29) is 28.6 Å². The van der Waals surface area contributed by atoms with Crippen molar-refractivity contribution >= 4 is 11.7 Å². The first-order chi connectivity index (χ1) is 14.0. The molecule has 2 bridgehead atoms. The molecular formula is C23H32N2O5. The zero-order valence-corrected chi connectivity index (χ0v) is 18.6. The summed E-state index contributed by atoms with van der Waals surface area (Å²) in [7, 11) is 3.46. The number of hydrogen-bond acceptors (Lipinski definition) is 6. The fourth-order valence-corrected chi connectivity index (χ4v) is 6.23. The number of methoxy groups -OCH3 is 1. The molecule has 1 aliphatic heterocycles. The summed E-state index contributed by atoms with van der Waals surface area (Å²) in [5, 5.41) is 11.8. The lowest BCUT2D eigenvalue weighted by Crippen LogP contribution is -2.45. The summed E-state index contributed by atoms with van der Waals surface area (Å²) in [6.45, 7) is 7.88. The lowest BCUT2D eigenvalue weighted by atomic mass is 9.70. The van der Waals surface area contributed by atoms with Crippen molar-refractivity contribution in [3.63, 3.8) is 0 Å². The number of likely N-dealkylation sites (tertiary alicyclic amines) is 1. The van der Waals surface area contributed by atoms with Crippen LogP contribution in [-0.2, 0) is 14.9 Å². The van der Waals surface area contributed by atoms with Gasteiger partial charge in [0, 0.05) is 18.0 Å². The van der Waals surface area contributed by atoms with Crippen LogP contribution >= 0.6 is 0 Å². The van der Waals surface area contributed by atoms with Crippen LogP contribution in [-0.4, -0.2) is 49.1 Å². The van der Waals surface area contributed by atoms with E-state index in [4.69, 9.17) is 9.47 Å². The van der Waals surface area contributed by atoms with Gasteiger partial charge in [0.15, 0.2) is 0 Å². The Morgan fingerprint density at radius 3 is 2.50 bits per heavy atom. The lowest BCUT2D eigenvalue weighted by molar-refractivity contribution is -0.386. The van der Waals surface area contributed by atoms with Crippen molar-refractivity contribution < 1.29 is 19.2 Å². The number of ether oxygens (including phenoxy) is 2. The maximum absolute atomic E-state index is 13.8. The van der Waals surface area contributed by atoms with Crippen molar-refractivity contribution in [3.8, 4) is 5.75 Å². The molecule has 4 rings (SSSR count). The van der Waals surface area contributed by atoms with E-state index >= 15 is 0 Å². The van der Waals surface area contributed by atoms with Gasteiger partial charge in [-0.3, -0.25) is 14.9 Å². The molecule has 0 N–H and O–H groups in total. The van der Waals surface area contributed by atoms with Gasteiger partial charge in [0.2, 0.25) is 0 Å². The zero-order valence-electron chi connectivity index (χ0n) is 18.6. The summed E-state index contributed by atoms with van der Waals surface area (Å²) < 4.78 is 11.6. The number of nitrogens with zero attached hydrogens (tertiary/aromatic N) is 2. The Hall–Kier alpha value is -2.15. The van der Waals surface area contributed by atoms with Crippen molar-refractivity contribution in [2.24, 2.45) is 16.7 Å². The van der Waals surface area contributed by atoms with Crippen molar-refractivity contribution in [2.75, 3.05) is 27.2 Å². The molecule has 4 atom stereocenters. The molecule has 164 valence electrons. The second-order valence-electron chi connectivity index (χ2n) is 10.2. The van der Waals surface area contributed by atoms with Crippen molar-refractivity contribution in [1.82, 2.24) is 4.90 Å². The van der Waals surface area contributed by atoms with E-state index in [1.807, 2.05) is 11.9 Å². The summed E-state index contributed by atoms with van der Waals surface area (Å²) >= 11 is 0. The molecule has 30 heavy (non-hydrogen) atoms. The number of carbonyl (C=O) groups excluding carboxylic acids is 1. The number of nitro groups is 1. The van der Waals surface area contributed by atoms with Gasteiger partial charge >= 0.3 is 5.97 Å². The van der Waals surface area contributed by atoms with Crippen LogP contribution in [0.2, 0.25) is 0 Å². The number of esters is 1. The number of likely N-dealkylation sites (N-methyl/N-ethyl adjacent to an activating group) is 1. The van der Waals surface area contributed by atoms with Crippen LogP contribution in [0.3, 0.4) is 0 Å². The molecule has 7 heteroatoms. The third-order valence-corrected chi connectivity index (χ3v) is 8.73. The highest BCUT2D eigenvalue weighted by Gasteiger charge is 2.64. The first-order valence-electron chi connectivity index (χ1n) is 10.8. The highest BCUT2D eigenvalue weighted by molar-refractivity contribution is 5.86. The molecule has 1 saturated heterocycles. The van der Waals surface area contributed by atoms with E-state index in [2.05, 4.69) is 20.8 Å². The minimum atomic E-state index is -1.06. The molecule has 0 spiro atoms. The standard InChI is InChI=1S/C23H32N2O5/c1-21(2)15-8-9-22(21,3)19(12-15)30-20(26)23(10-11-24(4)14-23)17-13-16(29-5)6-7-18(17)25(27)28/h6-7,13,15,19H,8-12,14H2,1-5H3/t15-,19+,22+,23?/m0/s1. The lowest BCUT2D eigenvalue weighted by Gasteiger charge is -2.40. The van der Waals surface area contributed by atoms with E-state index in [1.54, 1.807) is 12.1 Å². The number of hydrogen-bond donors (Lipinski definition) is 0. The first-order valence-corrected chi connectivity index (χ1v) is 10.8. The highest BCUT2D eigenvalue weighted by Crippen LogP contribution is 2.66. The molecule has 1 aromatic rings. The van der Waals surface area contributed by atoms with Crippen molar-refractivity contribution in [2.45, 2.75) is 58.0 Å². The SMILES string of the molecule is COc1ccc([N+](=O)[O-])c(C2(C(=O)O[C@@H]3C[C@@H]4CC[C@@]3(C)C4(C)C)CCN(C)C2)c1. The third-order valence-electron chi connectivity index (χ3n) is 8.73. The number of benzene rings is 1. The fourth-order valence-electron chi connectivity index (χ4n) is 6.23. The van der Waals surface area contributed by atoms with E-state index in [1.165, 1.54) is 19.6 Å². The van der Waals surface area contributed by atoms with Gasteiger partial charge in [-0.2, -0.15) is 0 Å². The normalized spacial score (nSPS) is 34.8. The molecule has 3 fully saturated rings. The van der Waals surface area contributed by atoms with Gasteiger partial charge in [0.05, 0.1) is 17.6 Å². The van der Waals surface area contributed by atoms with Crippen LogP contribution in [0.25, 0.3) is 0 Å². The smallest absolute Gasteiger partial charge is 0.318 e. The second-order valence-corrected chi connectivity index (χ2v) is 10.2. The fraction of sp³-hybridized carbons (Fsp3) is 0.696. The van der Waals surface area contributed by atoms with Gasteiger partial charge in [-0.1, -0.05) is 20.8 Å². The number of rotatable bonds is 5. The van der Waals surface area contributed by atoms with Gasteiger partial charge in [-0.15, -0.1) is 0 Å². The van der Waals surface area contributed by atoms with Crippen LogP contribution < -0.4 is 4.74 Å². The van der Waals surface area contributed by atoms with Crippen LogP contribution in [0.15, 0.2) is 18.2 Å².